The Morgan fingerprint density at radius 2 is 2.06 bits per heavy atom. The Bertz CT molecular complexity index is 359. The van der Waals surface area contributed by atoms with Crippen LogP contribution in [-0.4, -0.2) is 12.6 Å². The number of hydrogen-bond acceptors (Lipinski definition) is 2. The molecular formula is C13H19IN2. The summed E-state index contributed by atoms with van der Waals surface area (Å²) in [4.78, 5) is 2.47. The van der Waals surface area contributed by atoms with Gasteiger partial charge in [0.05, 0.1) is 11.4 Å². The summed E-state index contributed by atoms with van der Waals surface area (Å²) in [5, 5.41) is 0. The summed E-state index contributed by atoms with van der Waals surface area (Å²) in [7, 11) is 0. The molecule has 3 heteroatoms. The van der Waals surface area contributed by atoms with Crippen molar-refractivity contribution in [3.8, 4) is 0 Å². The van der Waals surface area contributed by atoms with Gasteiger partial charge in [-0.05, 0) is 60.6 Å². The number of benzene rings is 1. The van der Waals surface area contributed by atoms with Crippen LogP contribution in [0, 0.1) is 3.57 Å². The van der Waals surface area contributed by atoms with Gasteiger partial charge < -0.3 is 10.6 Å². The maximum absolute atomic E-state index is 6.12. The molecule has 0 atom stereocenters. The molecule has 2 rings (SSSR count). The van der Waals surface area contributed by atoms with Crippen LogP contribution in [0.5, 0.6) is 0 Å². The minimum atomic E-state index is 0.701. The molecule has 88 valence electrons. The number of hydrogen-bond donors (Lipinski definition) is 1. The Kier molecular flexibility index (Phi) is 3.95. The van der Waals surface area contributed by atoms with E-state index in [0.717, 1.165) is 12.2 Å². The number of nitrogens with two attached hydrogens (primary N) is 1. The molecule has 1 aromatic carbocycles. The monoisotopic (exact) mass is 330 g/mol. The summed E-state index contributed by atoms with van der Waals surface area (Å²) in [6.07, 6.45) is 5.37. The predicted molar refractivity (Wildman–Crippen MR) is 78.8 cm³/mol. The first-order valence-electron chi connectivity index (χ1n) is 6.04. The molecule has 0 saturated heterocycles. The van der Waals surface area contributed by atoms with E-state index >= 15 is 0 Å². The van der Waals surface area contributed by atoms with Gasteiger partial charge in [0, 0.05) is 16.2 Å². The average Bonchev–Trinajstić information content (AvgIpc) is 2.75. The van der Waals surface area contributed by atoms with Crippen LogP contribution >= 0.6 is 22.6 Å². The van der Waals surface area contributed by atoms with Gasteiger partial charge >= 0.3 is 0 Å². The fourth-order valence-electron chi connectivity index (χ4n) is 2.63. The summed E-state index contributed by atoms with van der Waals surface area (Å²) in [6.45, 7) is 3.27. The highest BCUT2D eigenvalue weighted by Gasteiger charge is 2.22. The molecule has 2 nitrogen and oxygen atoms in total. The smallest absolute Gasteiger partial charge is 0.0603 e. The molecular weight excluding hydrogens is 311 g/mol. The largest absolute Gasteiger partial charge is 0.397 e. The zero-order chi connectivity index (χ0) is 11.5. The number of halogens is 1. The van der Waals surface area contributed by atoms with Crippen LogP contribution in [0.4, 0.5) is 11.4 Å². The fraction of sp³-hybridized carbons (Fsp3) is 0.538. The zero-order valence-corrected chi connectivity index (χ0v) is 11.9. The van der Waals surface area contributed by atoms with E-state index in [4.69, 9.17) is 5.73 Å². The van der Waals surface area contributed by atoms with Gasteiger partial charge in [-0.3, -0.25) is 0 Å². The van der Waals surface area contributed by atoms with Crippen molar-refractivity contribution < 1.29 is 0 Å². The van der Waals surface area contributed by atoms with E-state index in [0.29, 0.717) is 6.04 Å². The Morgan fingerprint density at radius 3 is 2.62 bits per heavy atom. The quantitative estimate of drug-likeness (QED) is 0.677. The Hall–Kier alpha value is -0.450. The van der Waals surface area contributed by atoms with Gasteiger partial charge in [-0.15, -0.1) is 0 Å². The van der Waals surface area contributed by atoms with E-state index < -0.39 is 0 Å². The van der Waals surface area contributed by atoms with Crippen LogP contribution in [0.2, 0.25) is 0 Å². The second-order valence-electron chi connectivity index (χ2n) is 4.43. The van der Waals surface area contributed by atoms with Crippen LogP contribution in [0.25, 0.3) is 0 Å². The predicted octanol–water partition coefficient (Wildman–Crippen LogP) is 3.64. The average molecular weight is 330 g/mol. The van der Waals surface area contributed by atoms with Crippen LogP contribution in [0.1, 0.15) is 32.6 Å². The number of anilines is 2. The zero-order valence-electron chi connectivity index (χ0n) is 9.75. The van der Waals surface area contributed by atoms with Crippen LogP contribution in [-0.2, 0) is 0 Å². The van der Waals surface area contributed by atoms with Gasteiger partial charge in [0.25, 0.3) is 0 Å². The first-order chi connectivity index (χ1) is 7.72. The molecule has 0 aliphatic heterocycles. The molecule has 1 saturated carbocycles. The summed E-state index contributed by atoms with van der Waals surface area (Å²) >= 11 is 2.31. The standard InChI is InChI=1S/C13H19IN2/c1-2-16(11-5-3-4-6-11)13-8-7-10(14)9-12(13)15/h7-9,11H,2-6,15H2,1H3. The molecule has 1 aromatic rings. The molecule has 0 spiro atoms. The molecule has 0 radical (unpaired) electrons. The number of nitrogen functional groups attached to an aromatic ring is 1. The highest BCUT2D eigenvalue weighted by molar-refractivity contribution is 14.1. The minimum Gasteiger partial charge on any atom is -0.397 e. The van der Waals surface area contributed by atoms with Gasteiger partial charge in [0.1, 0.15) is 0 Å². The van der Waals surface area contributed by atoms with Crippen molar-refractivity contribution in [2.24, 2.45) is 0 Å². The van der Waals surface area contributed by atoms with E-state index in [1.54, 1.807) is 0 Å². The van der Waals surface area contributed by atoms with Crippen molar-refractivity contribution in [1.82, 2.24) is 0 Å². The van der Waals surface area contributed by atoms with Gasteiger partial charge in [-0.1, -0.05) is 12.8 Å². The molecule has 2 N–H and O–H groups in total. The first-order valence-corrected chi connectivity index (χ1v) is 7.12. The van der Waals surface area contributed by atoms with E-state index in [2.05, 4.69) is 52.6 Å². The van der Waals surface area contributed by atoms with E-state index in [1.165, 1.54) is 34.9 Å². The third-order valence-electron chi connectivity index (χ3n) is 3.41. The van der Waals surface area contributed by atoms with E-state index in [1.807, 2.05) is 0 Å². The lowest BCUT2D eigenvalue weighted by atomic mass is 10.1. The molecule has 0 amide bonds. The number of rotatable bonds is 3. The molecule has 1 aliphatic carbocycles. The van der Waals surface area contributed by atoms with Crippen LogP contribution < -0.4 is 10.6 Å². The molecule has 1 fully saturated rings. The maximum atomic E-state index is 6.12. The topological polar surface area (TPSA) is 29.3 Å². The van der Waals surface area contributed by atoms with Gasteiger partial charge in [-0.25, -0.2) is 0 Å². The minimum absolute atomic E-state index is 0.701. The maximum Gasteiger partial charge on any atom is 0.0603 e. The molecule has 16 heavy (non-hydrogen) atoms. The molecule has 0 heterocycles. The van der Waals surface area contributed by atoms with Crippen LogP contribution in [0.3, 0.4) is 0 Å². The molecule has 0 bridgehead atoms. The molecule has 0 aromatic heterocycles. The highest BCUT2D eigenvalue weighted by Crippen LogP contribution is 2.32. The van der Waals surface area contributed by atoms with Gasteiger partial charge in [-0.2, -0.15) is 0 Å². The fourth-order valence-corrected chi connectivity index (χ4v) is 3.14. The molecule has 1 aliphatic rings. The summed E-state index contributed by atoms with van der Waals surface area (Å²) in [5.74, 6) is 0. The molecule has 0 unspecified atom stereocenters. The summed E-state index contributed by atoms with van der Waals surface area (Å²) in [5.41, 5.74) is 8.25. The second-order valence-corrected chi connectivity index (χ2v) is 5.67. The van der Waals surface area contributed by atoms with Crippen molar-refractivity contribution in [3.05, 3.63) is 21.8 Å². The number of nitrogens with zero attached hydrogens (tertiary/aromatic N) is 1. The van der Waals surface area contributed by atoms with Crippen molar-refractivity contribution >= 4 is 34.0 Å². The summed E-state index contributed by atoms with van der Waals surface area (Å²) < 4.78 is 1.21. The second kappa shape index (κ2) is 5.25. The van der Waals surface area contributed by atoms with Crippen LogP contribution in [0.15, 0.2) is 18.2 Å². The Labute approximate surface area is 111 Å². The third-order valence-corrected chi connectivity index (χ3v) is 4.08. The highest BCUT2D eigenvalue weighted by atomic mass is 127. The SMILES string of the molecule is CCN(c1ccc(I)cc1N)C1CCCC1. The van der Waals surface area contributed by atoms with Crippen molar-refractivity contribution in [2.75, 3.05) is 17.2 Å². The Morgan fingerprint density at radius 1 is 1.38 bits per heavy atom. The van der Waals surface area contributed by atoms with Crippen molar-refractivity contribution in [2.45, 2.75) is 38.6 Å². The third kappa shape index (κ3) is 2.44. The lowest BCUT2D eigenvalue weighted by molar-refractivity contribution is 0.620. The van der Waals surface area contributed by atoms with Gasteiger partial charge in [0.2, 0.25) is 0 Å². The lowest BCUT2D eigenvalue weighted by Gasteiger charge is -2.31. The van der Waals surface area contributed by atoms with Crippen molar-refractivity contribution in [1.29, 1.82) is 0 Å². The van der Waals surface area contributed by atoms with E-state index in [-0.39, 0.29) is 0 Å². The van der Waals surface area contributed by atoms with Gasteiger partial charge in [0.15, 0.2) is 0 Å². The van der Waals surface area contributed by atoms with Crippen molar-refractivity contribution in [3.63, 3.8) is 0 Å². The Balaban J connectivity index is 2.25. The van der Waals surface area contributed by atoms with E-state index in [9.17, 15) is 0 Å². The normalized spacial score (nSPS) is 16.6. The first kappa shape index (κ1) is 12.0. The lowest BCUT2D eigenvalue weighted by Crippen LogP contribution is -2.33. The summed E-state index contributed by atoms with van der Waals surface area (Å²) in [6, 6.07) is 7.07.